The average Bonchev–Trinajstić information content (AvgIpc) is 2.17. The van der Waals surface area contributed by atoms with Gasteiger partial charge < -0.3 is 11.5 Å². The second-order valence-corrected chi connectivity index (χ2v) is 5.03. The van der Waals surface area contributed by atoms with Crippen LogP contribution in [-0.4, -0.2) is 8.42 Å². The van der Waals surface area contributed by atoms with E-state index in [1.165, 1.54) is 12.1 Å². The number of hydrogen-bond acceptors (Lipinski definition) is 4. The number of hydrogen-bond donors (Lipinski definition) is 3. The van der Waals surface area contributed by atoms with Crippen LogP contribution in [-0.2, 0) is 10.0 Å². The third-order valence-electron chi connectivity index (χ3n) is 2.35. The summed E-state index contributed by atoms with van der Waals surface area (Å²) in [7, 11) is -3.76. The number of primary sulfonamides is 1. The number of anilines is 2. The molecule has 84 valence electrons. The van der Waals surface area contributed by atoms with Gasteiger partial charge in [-0.15, -0.1) is 0 Å². The third kappa shape index (κ3) is 1.68. The average molecular weight is 237 g/mol. The summed E-state index contributed by atoms with van der Waals surface area (Å²) >= 11 is 0. The predicted octanol–water partition coefficient (Wildman–Crippen LogP) is 0.652. The Labute approximate surface area is 92.9 Å². The molecule has 0 unspecified atom stereocenters. The molecular formula is C10H11N3O2S. The van der Waals surface area contributed by atoms with Crippen molar-refractivity contribution < 1.29 is 8.42 Å². The number of sulfonamides is 1. The zero-order valence-corrected chi connectivity index (χ0v) is 9.16. The van der Waals surface area contributed by atoms with E-state index < -0.39 is 10.0 Å². The second kappa shape index (κ2) is 3.36. The molecule has 0 fully saturated rings. The van der Waals surface area contributed by atoms with Crippen LogP contribution in [0.3, 0.4) is 0 Å². The molecule has 0 atom stereocenters. The van der Waals surface area contributed by atoms with Crippen molar-refractivity contribution in [2.45, 2.75) is 4.90 Å². The molecule has 0 amide bonds. The largest absolute Gasteiger partial charge is 0.397 e. The molecule has 2 aromatic carbocycles. The van der Waals surface area contributed by atoms with E-state index in [4.69, 9.17) is 16.6 Å². The van der Waals surface area contributed by atoms with E-state index in [1.807, 2.05) is 0 Å². The Kier molecular flexibility index (Phi) is 2.25. The van der Waals surface area contributed by atoms with Crippen LogP contribution in [0.25, 0.3) is 10.8 Å². The molecule has 0 spiro atoms. The lowest BCUT2D eigenvalue weighted by Crippen LogP contribution is -2.12. The van der Waals surface area contributed by atoms with Gasteiger partial charge in [0.15, 0.2) is 0 Å². The van der Waals surface area contributed by atoms with Crippen molar-refractivity contribution in [3.63, 3.8) is 0 Å². The molecule has 0 saturated carbocycles. The molecule has 0 aromatic heterocycles. The fourth-order valence-corrected chi connectivity index (χ4v) is 2.33. The lowest BCUT2D eigenvalue weighted by Gasteiger charge is -2.07. The fourth-order valence-electron chi connectivity index (χ4n) is 1.58. The molecule has 5 nitrogen and oxygen atoms in total. The molecule has 2 aromatic rings. The Balaban J connectivity index is 2.93. The molecule has 16 heavy (non-hydrogen) atoms. The minimum atomic E-state index is -3.76. The van der Waals surface area contributed by atoms with Gasteiger partial charge in [0.05, 0.1) is 16.3 Å². The zero-order chi connectivity index (χ0) is 11.9. The fraction of sp³-hybridized carbons (Fsp3) is 0. The van der Waals surface area contributed by atoms with Gasteiger partial charge in [-0.3, -0.25) is 0 Å². The van der Waals surface area contributed by atoms with Gasteiger partial charge in [0.25, 0.3) is 0 Å². The van der Waals surface area contributed by atoms with Gasteiger partial charge in [0, 0.05) is 5.39 Å². The van der Waals surface area contributed by atoms with Crippen molar-refractivity contribution in [3.05, 3.63) is 30.3 Å². The van der Waals surface area contributed by atoms with Crippen molar-refractivity contribution in [1.29, 1.82) is 0 Å². The topological polar surface area (TPSA) is 112 Å². The van der Waals surface area contributed by atoms with Crippen LogP contribution in [0.4, 0.5) is 11.4 Å². The minimum absolute atomic E-state index is 0.0525. The molecule has 0 aliphatic rings. The molecule has 0 saturated heterocycles. The SMILES string of the molecule is Nc1cc2cccc(S(N)(=O)=O)c2cc1N. The maximum Gasteiger partial charge on any atom is 0.238 e. The molecule has 2 rings (SSSR count). The van der Waals surface area contributed by atoms with Crippen LogP contribution in [0.5, 0.6) is 0 Å². The van der Waals surface area contributed by atoms with E-state index in [0.29, 0.717) is 22.1 Å². The summed E-state index contributed by atoms with van der Waals surface area (Å²) in [6.45, 7) is 0. The smallest absolute Gasteiger partial charge is 0.238 e. The maximum atomic E-state index is 11.3. The Morgan fingerprint density at radius 2 is 1.62 bits per heavy atom. The second-order valence-electron chi connectivity index (χ2n) is 3.50. The molecule has 0 radical (unpaired) electrons. The number of nitrogen functional groups attached to an aromatic ring is 2. The molecule has 0 aliphatic carbocycles. The van der Waals surface area contributed by atoms with Gasteiger partial charge in [0.2, 0.25) is 10.0 Å². The van der Waals surface area contributed by atoms with Crippen molar-refractivity contribution in [2.75, 3.05) is 11.5 Å². The minimum Gasteiger partial charge on any atom is -0.397 e. The maximum absolute atomic E-state index is 11.3. The van der Waals surface area contributed by atoms with Gasteiger partial charge in [-0.05, 0) is 23.6 Å². The highest BCUT2D eigenvalue weighted by molar-refractivity contribution is 7.89. The molecule has 0 bridgehead atoms. The Hall–Kier alpha value is -1.79. The number of rotatable bonds is 1. The first-order valence-corrected chi connectivity index (χ1v) is 6.05. The highest BCUT2D eigenvalue weighted by Gasteiger charge is 2.12. The lowest BCUT2D eigenvalue weighted by molar-refractivity contribution is 0.598. The first kappa shape index (κ1) is 10.7. The van der Waals surface area contributed by atoms with E-state index in [9.17, 15) is 8.42 Å². The quantitative estimate of drug-likeness (QED) is 0.632. The monoisotopic (exact) mass is 237 g/mol. The van der Waals surface area contributed by atoms with Crippen molar-refractivity contribution in [3.8, 4) is 0 Å². The Bertz CT molecular complexity index is 665. The van der Waals surface area contributed by atoms with Crippen molar-refractivity contribution >= 4 is 32.2 Å². The summed E-state index contributed by atoms with van der Waals surface area (Å²) in [4.78, 5) is 0.0525. The van der Waals surface area contributed by atoms with Crippen molar-refractivity contribution in [1.82, 2.24) is 0 Å². The Morgan fingerprint density at radius 1 is 1.00 bits per heavy atom. The van der Waals surface area contributed by atoms with Gasteiger partial charge >= 0.3 is 0 Å². The van der Waals surface area contributed by atoms with Crippen LogP contribution in [0, 0.1) is 0 Å². The number of benzene rings is 2. The summed E-state index contributed by atoms with van der Waals surface area (Å²) in [5.41, 5.74) is 12.0. The highest BCUT2D eigenvalue weighted by Crippen LogP contribution is 2.28. The standard InChI is InChI=1S/C10H11N3O2S/c11-8-4-6-2-1-3-10(16(13,14)15)7(6)5-9(8)12/h1-5H,11-12H2,(H2,13,14,15). The van der Waals surface area contributed by atoms with Gasteiger partial charge in [-0.25, -0.2) is 13.6 Å². The highest BCUT2D eigenvalue weighted by atomic mass is 32.2. The van der Waals surface area contributed by atoms with Crippen molar-refractivity contribution in [2.24, 2.45) is 5.14 Å². The van der Waals surface area contributed by atoms with E-state index >= 15 is 0 Å². The number of fused-ring (bicyclic) bond motifs is 1. The van der Waals surface area contributed by atoms with Gasteiger partial charge in [-0.1, -0.05) is 12.1 Å². The molecule has 6 N–H and O–H groups in total. The molecule has 6 heteroatoms. The lowest BCUT2D eigenvalue weighted by atomic mass is 10.1. The molecule has 0 heterocycles. The number of nitrogens with two attached hydrogens (primary N) is 3. The van der Waals surface area contributed by atoms with Crippen LogP contribution in [0.2, 0.25) is 0 Å². The zero-order valence-electron chi connectivity index (χ0n) is 8.34. The van der Waals surface area contributed by atoms with Gasteiger partial charge in [0.1, 0.15) is 0 Å². The van der Waals surface area contributed by atoms with Crippen LogP contribution < -0.4 is 16.6 Å². The summed E-state index contributed by atoms with van der Waals surface area (Å²) in [6.07, 6.45) is 0. The molecular weight excluding hydrogens is 226 g/mol. The first-order chi connectivity index (χ1) is 7.39. The summed E-state index contributed by atoms with van der Waals surface area (Å²) < 4.78 is 22.7. The Morgan fingerprint density at radius 3 is 2.25 bits per heavy atom. The predicted molar refractivity (Wildman–Crippen MR) is 64.1 cm³/mol. The van der Waals surface area contributed by atoms with Crippen LogP contribution in [0.1, 0.15) is 0 Å². The van der Waals surface area contributed by atoms with E-state index in [2.05, 4.69) is 0 Å². The third-order valence-corrected chi connectivity index (χ3v) is 3.32. The summed E-state index contributed by atoms with van der Waals surface area (Å²) in [5, 5.41) is 6.29. The summed E-state index contributed by atoms with van der Waals surface area (Å²) in [6, 6.07) is 7.94. The van der Waals surface area contributed by atoms with Crippen LogP contribution in [0.15, 0.2) is 35.2 Å². The normalized spacial score (nSPS) is 11.8. The van der Waals surface area contributed by atoms with Gasteiger partial charge in [-0.2, -0.15) is 0 Å². The van der Waals surface area contributed by atoms with E-state index in [0.717, 1.165) is 0 Å². The molecule has 0 aliphatic heterocycles. The first-order valence-electron chi connectivity index (χ1n) is 4.50. The summed E-state index contributed by atoms with van der Waals surface area (Å²) in [5.74, 6) is 0. The van der Waals surface area contributed by atoms with Crippen LogP contribution >= 0.6 is 0 Å². The van der Waals surface area contributed by atoms with E-state index in [1.54, 1.807) is 18.2 Å². The van der Waals surface area contributed by atoms with E-state index in [-0.39, 0.29) is 4.90 Å².